The number of morpholine rings is 1. The molecular formula is C26H21Cl2N5O2. The minimum Gasteiger partial charge on any atom is -0.495 e. The molecule has 1 aliphatic rings. The molecule has 35 heavy (non-hydrogen) atoms. The average molecular weight is 506 g/mol. The van der Waals surface area contributed by atoms with Crippen LogP contribution < -0.4 is 15.0 Å². The van der Waals surface area contributed by atoms with E-state index in [0.29, 0.717) is 32.7 Å². The van der Waals surface area contributed by atoms with E-state index in [1.807, 2.05) is 30.5 Å². The number of aromatic nitrogens is 2. The Balaban J connectivity index is 1.50. The van der Waals surface area contributed by atoms with Gasteiger partial charge in [-0.3, -0.25) is 4.98 Å². The van der Waals surface area contributed by atoms with Crippen molar-refractivity contribution in [2.24, 2.45) is 0 Å². The Morgan fingerprint density at radius 2 is 1.80 bits per heavy atom. The van der Waals surface area contributed by atoms with E-state index in [1.165, 1.54) is 7.11 Å². The lowest BCUT2D eigenvalue weighted by Crippen LogP contribution is -2.36. The van der Waals surface area contributed by atoms with Crippen LogP contribution in [-0.4, -0.2) is 43.4 Å². The van der Waals surface area contributed by atoms with Crippen molar-refractivity contribution < 1.29 is 9.47 Å². The van der Waals surface area contributed by atoms with E-state index in [-0.39, 0.29) is 0 Å². The van der Waals surface area contributed by atoms with Crippen molar-refractivity contribution in [2.45, 2.75) is 0 Å². The highest BCUT2D eigenvalue weighted by Gasteiger charge is 2.15. The van der Waals surface area contributed by atoms with Crippen molar-refractivity contribution in [1.29, 1.82) is 5.26 Å². The van der Waals surface area contributed by atoms with E-state index in [4.69, 9.17) is 32.7 Å². The van der Waals surface area contributed by atoms with Gasteiger partial charge in [-0.2, -0.15) is 5.26 Å². The second kappa shape index (κ2) is 9.96. The van der Waals surface area contributed by atoms with E-state index in [1.54, 1.807) is 18.3 Å². The highest BCUT2D eigenvalue weighted by atomic mass is 35.5. The summed E-state index contributed by atoms with van der Waals surface area (Å²) in [7, 11) is 1.53. The molecule has 2 aromatic heterocycles. The first-order chi connectivity index (χ1) is 17.1. The number of pyridine rings is 2. The van der Waals surface area contributed by atoms with Crippen LogP contribution in [0.15, 0.2) is 54.9 Å². The van der Waals surface area contributed by atoms with Crippen molar-refractivity contribution in [3.05, 3.63) is 70.5 Å². The Kier molecular flexibility index (Phi) is 6.60. The average Bonchev–Trinajstić information content (AvgIpc) is 2.90. The van der Waals surface area contributed by atoms with E-state index in [9.17, 15) is 5.26 Å². The molecule has 9 heteroatoms. The summed E-state index contributed by atoms with van der Waals surface area (Å²) in [5, 5.41) is 14.6. The monoisotopic (exact) mass is 505 g/mol. The first kappa shape index (κ1) is 23.2. The number of nitrogens with one attached hydrogen (secondary N) is 1. The largest absolute Gasteiger partial charge is 0.495 e. The number of halogens is 2. The third kappa shape index (κ3) is 4.69. The van der Waals surface area contributed by atoms with Crippen LogP contribution in [0.2, 0.25) is 10.0 Å². The van der Waals surface area contributed by atoms with Gasteiger partial charge >= 0.3 is 0 Å². The molecule has 7 nitrogen and oxygen atoms in total. The van der Waals surface area contributed by atoms with Crippen molar-refractivity contribution >= 4 is 51.3 Å². The normalized spacial score (nSPS) is 13.5. The molecule has 1 N–H and O–H groups in total. The summed E-state index contributed by atoms with van der Waals surface area (Å²) >= 11 is 12.6. The maximum absolute atomic E-state index is 9.71. The maximum atomic E-state index is 9.71. The molecule has 0 aliphatic carbocycles. The molecule has 0 saturated carbocycles. The maximum Gasteiger partial charge on any atom is 0.139 e. The summed E-state index contributed by atoms with van der Waals surface area (Å²) in [5.74, 6) is 1.42. The van der Waals surface area contributed by atoms with Crippen molar-refractivity contribution in [2.75, 3.05) is 43.6 Å². The molecule has 1 aliphatic heterocycles. The molecule has 0 bridgehead atoms. The molecule has 2 aromatic carbocycles. The Labute approximate surface area is 212 Å². The molecule has 176 valence electrons. The van der Waals surface area contributed by atoms with Crippen LogP contribution in [0.25, 0.3) is 22.0 Å². The Morgan fingerprint density at radius 1 is 1.00 bits per heavy atom. The zero-order chi connectivity index (χ0) is 24.4. The molecule has 1 fully saturated rings. The number of methoxy groups -OCH3 is 1. The van der Waals surface area contributed by atoms with Crippen LogP contribution in [0.5, 0.6) is 5.75 Å². The van der Waals surface area contributed by atoms with Gasteiger partial charge in [0.25, 0.3) is 0 Å². The van der Waals surface area contributed by atoms with Crippen LogP contribution in [0.1, 0.15) is 5.56 Å². The molecule has 0 atom stereocenters. The molecule has 0 unspecified atom stereocenters. The number of nitriles is 1. The smallest absolute Gasteiger partial charge is 0.139 e. The van der Waals surface area contributed by atoms with Gasteiger partial charge in [0.15, 0.2) is 0 Å². The molecule has 0 radical (unpaired) electrons. The first-order valence-corrected chi connectivity index (χ1v) is 11.7. The zero-order valence-electron chi connectivity index (χ0n) is 18.9. The molecule has 4 aromatic rings. The summed E-state index contributed by atoms with van der Waals surface area (Å²) in [4.78, 5) is 11.4. The van der Waals surface area contributed by atoms with E-state index in [2.05, 4.69) is 32.3 Å². The van der Waals surface area contributed by atoms with Gasteiger partial charge in [0.05, 0.1) is 52.8 Å². The molecule has 3 heterocycles. The highest BCUT2D eigenvalue weighted by molar-refractivity contribution is 6.37. The van der Waals surface area contributed by atoms with Crippen LogP contribution in [0, 0.1) is 11.3 Å². The molecule has 5 rings (SSSR count). The number of hydrogen-bond acceptors (Lipinski definition) is 7. The highest BCUT2D eigenvalue weighted by Crippen LogP contribution is 2.38. The SMILES string of the molecule is COc1cc(Nc2c(C#N)cnc3cc(-c4ccc(N5CCOCC5)nc4)ccc23)c(Cl)cc1Cl. The number of hydrogen-bond donors (Lipinski definition) is 1. The standard InChI is InChI=1S/C26H21Cl2N5O2/c1-34-24-12-23(20(27)11-21(24)28)32-26-18(13-29)15-30-22-10-16(2-4-19(22)26)17-3-5-25(31-14-17)33-6-8-35-9-7-33/h2-5,10-12,14-15H,6-9H2,1H3,(H,30,32). The van der Waals surface area contributed by atoms with Gasteiger partial charge in [0.1, 0.15) is 17.6 Å². The first-order valence-electron chi connectivity index (χ1n) is 11.0. The number of rotatable bonds is 5. The summed E-state index contributed by atoms with van der Waals surface area (Å²) < 4.78 is 10.7. The quantitative estimate of drug-likeness (QED) is 0.352. The van der Waals surface area contributed by atoms with Gasteiger partial charge in [0, 0.05) is 42.5 Å². The van der Waals surface area contributed by atoms with Gasteiger partial charge in [-0.05, 0) is 29.8 Å². The topological polar surface area (TPSA) is 83.3 Å². The Hall–Kier alpha value is -3.57. The molecule has 0 amide bonds. The van der Waals surface area contributed by atoms with Crippen molar-refractivity contribution in [1.82, 2.24) is 9.97 Å². The molecule has 0 spiro atoms. The van der Waals surface area contributed by atoms with Gasteiger partial charge in [0.2, 0.25) is 0 Å². The second-order valence-electron chi connectivity index (χ2n) is 7.99. The lowest BCUT2D eigenvalue weighted by molar-refractivity contribution is 0.122. The predicted octanol–water partition coefficient (Wildman–Crippen LogP) is 6.06. The summed E-state index contributed by atoms with van der Waals surface area (Å²) in [6.45, 7) is 3.11. The molecule has 1 saturated heterocycles. The fraction of sp³-hybridized carbons (Fsp3) is 0.192. The number of nitrogens with zero attached hydrogens (tertiary/aromatic N) is 4. The van der Waals surface area contributed by atoms with Crippen molar-refractivity contribution in [3.8, 4) is 22.9 Å². The summed E-state index contributed by atoms with van der Waals surface area (Å²) in [6, 6.07) is 15.5. The van der Waals surface area contributed by atoms with E-state index in [0.717, 1.165) is 54.2 Å². The van der Waals surface area contributed by atoms with Crippen LogP contribution in [0.3, 0.4) is 0 Å². The molecular weight excluding hydrogens is 485 g/mol. The van der Waals surface area contributed by atoms with E-state index >= 15 is 0 Å². The van der Waals surface area contributed by atoms with Gasteiger partial charge in [-0.25, -0.2) is 4.98 Å². The lowest BCUT2D eigenvalue weighted by Gasteiger charge is -2.27. The van der Waals surface area contributed by atoms with Crippen LogP contribution >= 0.6 is 23.2 Å². The third-order valence-corrected chi connectivity index (χ3v) is 6.52. The predicted molar refractivity (Wildman–Crippen MR) is 139 cm³/mol. The third-order valence-electron chi connectivity index (χ3n) is 5.91. The number of benzene rings is 2. The fourth-order valence-electron chi connectivity index (χ4n) is 4.04. The number of anilines is 3. The number of ether oxygens (including phenoxy) is 2. The minimum absolute atomic E-state index is 0.395. The Morgan fingerprint density at radius 3 is 2.51 bits per heavy atom. The second-order valence-corrected chi connectivity index (χ2v) is 8.80. The van der Waals surface area contributed by atoms with E-state index < -0.39 is 0 Å². The van der Waals surface area contributed by atoms with Crippen LogP contribution in [0.4, 0.5) is 17.2 Å². The van der Waals surface area contributed by atoms with Gasteiger partial charge < -0.3 is 19.7 Å². The van der Waals surface area contributed by atoms with Crippen molar-refractivity contribution in [3.63, 3.8) is 0 Å². The fourth-order valence-corrected chi connectivity index (χ4v) is 4.55. The van der Waals surface area contributed by atoms with Gasteiger partial charge in [-0.1, -0.05) is 35.3 Å². The zero-order valence-corrected chi connectivity index (χ0v) is 20.4. The summed E-state index contributed by atoms with van der Waals surface area (Å²) in [5.41, 5.74) is 4.27. The summed E-state index contributed by atoms with van der Waals surface area (Å²) in [6.07, 6.45) is 3.42. The minimum atomic E-state index is 0.395. The Bertz CT molecular complexity index is 1430. The number of fused-ring (bicyclic) bond motifs is 1. The lowest BCUT2D eigenvalue weighted by atomic mass is 10.0. The van der Waals surface area contributed by atoms with Crippen LogP contribution in [-0.2, 0) is 4.74 Å². The van der Waals surface area contributed by atoms with Gasteiger partial charge in [-0.15, -0.1) is 0 Å².